The van der Waals surface area contributed by atoms with Crippen molar-refractivity contribution >= 4 is 11.7 Å². The van der Waals surface area contributed by atoms with Crippen LogP contribution >= 0.6 is 0 Å². The molecule has 6 heteroatoms. The van der Waals surface area contributed by atoms with Crippen LogP contribution in [-0.4, -0.2) is 11.1 Å². The van der Waals surface area contributed by atoms with Gasteiger partial charge in [0.15, 0.2) is 11.6 Å². The third-order valence-corrected chi connectivity index (χ3v) is 3.92. The van der Waals surface area contributed by atoms with Crippen molar-refractivity contribution in [3.05, 3.63) is 95.1 Å². The van der Waals surface area contributed by atoms with E-state index in [1.807, 2.05) is 12.1 Å². The highest BCUT2D eigenvalue weighted by atomic mass is 19.2. The number of hydrogen-bond acceptors (Lipinski definition) is 3. The molecule has 0 radical (unpaired) electrons. The van der Waals surface area contributed by atoms with Crippen molar-refractivity contribution in [3.63, 3.8) is 0 Å². The maximum atomic E-state index is 13.2. The zero-order valence-corrected chi connectivity index (χ0v) is 14.3. The lowest BCUT2D eigenvalue weighted by atomic mass is 10.2. The van der Waals surface area contributed by atoms with Gasteiger partial charge in [0.1, 0.15) is 12.4 Å². The van der Waals surface area contributed by atoms with E-state index in [-0.39, 0.29) is 12.2 Å². The van der Waals surface area contributed by atoms with Crippen LogP contribution in [0.5, 0.6) is 5.75 Å². The number of anilines is 1. The molecule has 0 aliphatic heterocycles. The fourth-order valence-corrected chi connectivity index (χ4v) is 2.47. The van der Waals surface area contributed by atoms with E-state index in [9.17, 15) is 13.6 Å². The first kappa shape index (κ1) is 18.4. The van der Waals surface area contributed by atoms with Crippen molar-refractivity contribution in [2.24, 2.45) is 0 Å². The molecule has 27 heavy (non-hydrogen) atoms. The van der Waals surface area contributed by atoms with E-state index < -0.39 is 17.6 Å². The van der Waals surface area contributed by atoms with E-state index in [1.165, 1.54) is 12.1 Å². The first-order valence-electron chi connectivity index (χ1n) is 8.24. The van der Waals surface area contributed by atoms with Crippen molar-refractivity contribution in [2.45, 2.75) is 13.2 Å². The maximum Gasteiger partial charge on any atom is 0.335 e. The molecule has 0 amide bonds. The Morgan fingerprint density at radius 1 is 0.926 bits per heavy atom. The highest BCUT2D eigenvalue weighted by Crippen LogP contribution is 2.17. The van der Waals surface area contributed by atoms with E-state index in [2.05, 4.69) is 5.32 Å². The van der Waals surface area contributed by atoms with Crippen LogP contribution in [0.1, 0.15) is 21.5 Å². The van der Waals surface area contributed by atoms with Gasteiger partial charge in [0.2, 0.25) is 0 Å². The molecule has 0 aromatic heterocycles. The standard InChI is InChI=1S/C21H17F2NO3/c22-19-9-6-15(10-20(19)23)13-27-18-7-4-14(5-8-18)12-24-17-3-1-2-16(11-17)21(25)26/h1-11,24H,12-13H2,(H,25,26). The highest BCUT2D eigenvalue weighted by Gasteiger charge is 2.05. The summed E-state index contributed by atoms with van der Waals surface area (Å²) < 4.78 is 31.7. The van der Waals surface area contributed by atoms with Crippen LogP contribution in [0.2, 0.25) is 0 Å². The molecule has 0 saturated heterocycles. The average molecular weight is 369 g/mol. The van der Waals surface area contributed by atoms with Gasteiger partial charge in [0.05, 0.1) is 5.56 Å². The Bertz CT molecular complexity index is 942. The molecule has 0 unspecified atom stereocenters. The second kappa shape index (κ2) is 8.31. The number of carboxylic acid groups (broad SMARTS) is 1. The number of aromatic carboxylic acids is 1. The molecule has 2 N–H and O–H groups in total. The molecule has 0 aliphatic rings. The van der Waals surface area contributed by atoms with E-state index in [0.29, 0.717) is 23.5 Å². The van der Waals surface area contributed by atoms with Crippen molar-refractivity contribution in [1.82, 2.24) is 0 Å². The normalized spacial score (nSPS) is 10.4. The third-order valence-electron chi connectivity index (χ3n) is 3.92. The Balaban J connectivity index is 1.54. The molecule has 0 fully saturated rings. The Morgan fingerprint density at radius 2 is 1.67 bits per heavy atom. The van der Waals surface area contributed by atoms with E-state index in [0.717, 1.165) is 17.7 Å². The zero-order chi connectivity index (χ0) is 19.2. The summed E-state index contributed by atoms with van der Waals surface area (Å²) in [6.45, 7) is 0.656. The number of rotatable bonds is 7. The summed E-state index contributed by atoms with van der Waals surface area (Å²) in [4.78, 5) is 11.0. The molecule has 4 nitrogen and oxygen atoms in total. The summed E-state index contributed by atoms with van der Waals surface area (Å²) in [5.74, 6) is -2.15. The van der Waals surface area contributed by atoms with Gasteiger partial charge in [-0.2, -0.15) is 0 Å². The van der Waals surface area contributed by atoms with Crippen LogP contribution in [0.15, 0.2) is 66.7 Å². The molecule has 3 aromatic carbocycles. The van der Waals surface area contributed by atoms with E-state index in [4.69, 9.17) is 9.84 Å². The lowest BCUT2D eigenvalue weighted by Crippen LogP contribution is -2.02. The Hall–Kier alpha value is -3.41. The minimum Gasteiger partial charge on any atom is -0.489 e. The molecule has 3 aromatic rings. The molecule has 0 saturated carbocycles. The molecule has 0 heterocycles. The topological polar surface area (TPSA) is 58.6 Å². The predicted molar refractivity (Wildman–Crippen MR) is 97.9 cm³/mol. The largest absolute Gasteiger partial charge is 0.489 e. The van der Waals surface area contributed by atoms with Crippen molar-refractivity contribution < 1.29 is 23.4 Å². The van der Waals surface area contributed by atoms with Gasteiger partial charge in [-0.15, -0.1) is 0 Å². The number of benzene rings is 3. The number of carbonyl (C=O) groups is 1. The zero-order valence-electron chi connectivity index (χ0n) is 14.3. The Kier molecular flexibility index (Phi) is 5.66. The first-order chi connectivity index (χ1) is 13.0. The molecule has 0 bridgehead atoms. The lowest BCUT2D eigenvalue weighted by Gasteiger charge is -2.09. The van der Waals surface area contributed by atoms with Crippen LogP contribution in [0.25, 0.3) is 0 Å². The Morgan fingerprint density at radius 3 is 2.37 bits per heavy atom. The maximum absolute atomic E-state index is 13.2. The van der Waals surface area contributed by atoms with E-state index in [1.54, 1.807) is 30.3 Å². The molecule has 0 spiro atoms. The first-order valence-corrected chi connectivity index (χ1v) is 8.24. The summed E-state index contributed by atoms with van der Waals surface area (Å²) in [5, 5.41) is 12.2. The molecular formula is C21H17F2NO3. The third kappa shape index (κ3) is 5.04. The minimum atomic E-state index is -0.971. The van der Waals surface area contributed by atoms with Gasteiger partial charge in [-0.05, 0) is 53.6 Å². The smallest absolute Gasteiger partial charge is 0.335 e. The van der Waals surface area contributed by atoms with E-state index >= 15 is 0 Å². The van der Waals surface area contributed by atoms with Crippen LogP contribution in [0.4, 0.5) is 14.5 Å². The second-order valence-electron chi connectivity index (χ2n) is 5.92. The highest BCUT2D eigenvalue weighted by molar-refractivity contribution is 5.88. The predicted octanol–water partition coefficient (Wildman–Crippen LogP) is 4.85. The van der Waals surface area contributed by atoms with Crippen LogP contribution in [0, 0.1) is 11.6 Å². The summed E-state index contributed by atoms with van der Waals surface area (Å²) in [6, 6.07) is 17.5. The summed E-state index contributed by atoms with van der Waals surface area (Å²) in [7, 11) is 0. The second-order valence-corrected chi connectivity index (χ2v) is 5.92. The van der Waals surface area contributed by atoms with Crippen LogP contribution in [-0.2, 0) is 13.2 Å². The molecular weight excluding hydrogens is 352 g/mol. The fourth-order valence-electron chi connectivity index (χ4n) is 2.47. The molecule has 0 aliphatic carbocycles. The van der Waals surface area contributed by atoms with Crippen molar-refractivity contribution in [1.29, 1.82) is 0 Å². The van der Waals surface area contributed by atoms with Gasteiger partial charge < -0.3 is 15.2 Å². The van der Waals surface area contributed by atoms with Crippen LogP contribution in [0.3, 0.4) is 0 Å². The average Bonchev–Trinajstić information content (AvgIpc) is 2.68. The Labute approximate surface area is 155 Å². The van der Waals surface area contributed by atoms with Gasteiger partial charge in [-0.3, -0.25) is 0 Å². The van der Waals surface area contributed by atoms with Gasteiger partial charge in [0, 0.05) is 12.2 Å². The van der Waals surface area contributed by atoms with Crippen molar-refractivity contribution in [3.8, 4) is 5.75 Å². The minimum absolute atomic E-state index is 0.136. The molecule has 3 rings (SSSR count). The van der Waals surface area contributed by atoms with Gasteiger partial charge >= 0.3 is 5.97 Å². The molecule has 0 atom stereocenters. The van der Waals surface area contributed by atoms with Gasteiger partial charge in [-0.25, -0.2) is 13.6 Å². The number of hydrogen-bond donors (Lipinski definition) is 2. The SMILES string of the molecule is O=C(O)c1cccc(NCc2ccc(OCc3ccc(F)c(F)c3)cc2)c1. The number of ether oxygens (including phenoxy) is 1. The summed E-state index contributed by atoms with van der Waals surface area (Å²) in [6.07, 6.45) is 0. The van der Waals surface area contributed by atoms with Gasteiger partial charge in [0.25, 0.3) is 0 Å². The lowest BCUT2D eigenvalue weighted by molar-refractivity contribution is 0.0697. The van der Waals surface area contributed by atoms with Crippen molar-refractivity contribution in [2.75, 3.05) is 5.32 Å². The number of halogens is 2. The van der Waals surface area contributed by atoms with Crippen LogP contribution < -0.4 is 10.1 Å². The van der Waals surface area contributed by atoms with Gasteiger partial charge in [-0.1, -0.05) is 24.3 Å². The molecule has 138 valence electrons. The summed E-state index contributed by atoms with van der Waals surface area (Å²) in [5.41, 5.74) is 2.46. The fraction of sp³-hybridized carbons (Fsp3) is 0.0952. The quantitative estimate of drug-likeness (QED) is 0.625. The monoisotopic (exact) mass is 369 g/mol. The summed E-state index contributed by atoms with van der Waals surface area (Å²) >= 11 is 0. The number of nitrogens with one attached hydrogen (secondary N) is 1. The number of carboxylic acids is 1.